The Morgan fingerprint density at radius 2 is 1.92 bits per heavy atom. The Morgan fingerprint density at radius 1 is 1.24 bits per heavy atom. The molecule has 1 heterocycles. The van der Waals surface area contributed by atoms with E-state index in [9.17, 15) is 14.4 Å². The third-order valence-corrected chi connectivity index (χ3v) is 3.55. The molecule has 1 aromatic carbocycles. The van der Waals surface area contributed by atoms with E-state index in [1.54, 1.807) is 19.1 Å². The summed E-state index contributed by atoms with van der Waals surface area (Å²) in [5, 5.41) is 6.56. The first-order valence-electron chi connectivity index (χ1n) is 7.25. The number of aryl methyl sites for hydroxylation is 1. The van der Waals surface area contributed by atoms with Gasteiger partial charge in [-0.3, -0.25) is 9.59 Å². The molecule has 0 bridgehead atoms. The van der Waals surface area contributed by atoms with Crippen molar-refractivity contribution >= 4 is 29.4 Å². The van der Waals surface area contributed by atoms with Crippen molar-refractivity contribution in [2.24, 2.45) is 0 Å². The predicted octanol–water partition coefficient (Wildman–Crippen LogP) is 1.28. The van der Waals surface area contributed by atoms with Gasteiger partial charge in [0.25, 0.3) is 5.91 Å². The van der Waals surface area contributed by atoms with E-state index in [2.05, 4.69) is 15.2 Å². The normalized spacial score (nSPS) is 10.2. The van der Waals surface area contributed by atoms with Crippen LogP contribution in [-0.2, 0) is 19.1 Å². The maximum atomic E-state index is 12.2. The van der Waals surface area contributed by atoms with Crippen LogP contribution in [0.25, 0.3) is 5.69 Å². The first kappa shape index (κ1) is 18.5. The molecular weight excluding hydrogens is 350 g/mol. The van der Waals surface area contributed by atoms with E-state index in [0.29, 0.717) is 11.4 Å². The van der Waals surface area contributed by atoms with Gasteiger partial charge in [0, 0.05) is 0 Å². The van der Waals surface area contributed by atoms with E-state index in [-0.39, 0.29) is 17.3 Å². The van der Waals surface area contributed by atoms with Gasteiger partial charge in [-0.25, -0.2) is 9.48 Å². The van der Waals surface area contributed by atoms with Crippen LogP contribution in [0, 0.1) is 6.92 Å². The zero-order valence-corrected chi connectivity index (χ0v) is 14.4. The van der Waals surface area contributed by atoms with Crippen molar-refractivity contribution < 1.29 is 23.9 Å². The van der Waals surface area contributed by atoms with Gasteiger partial charge in [-0.1, -0.05) is 29.8 Å². The van der Waals surface area contributed by atoms with Crippen LogP contribution in [0.15, 0.2) is 30.3 Å². The number of benzene rings is 1. The highest BCUT2D eigenvalue weighted by Gasteiger charge is 2.23. The minimum Gasteiger partial charge on any atom is -0.468 e. The molecule has 0 aliphatic rings. The Hall–Kier alpha value is -2.87. The molecule has 1 N–H and O–H groups in total. The number of halogens is 1. The van der Waals surface area contributed by atoms with Gasteiger partial charge in [-0.2, -0.15) is 5.10 Å². The molecule has 0 aliphatic heterocycles. The molecule has 0 unspecified atom stereocenters. The molecule has 0 spiro atoms. The number of amides is 1. The molecule has 0 saturated heterocycles. The predicted molar refractivity (Wildman–Crippen MR) is 88.6 cm³/mol. The van der Waals surface area contributed by atoms with Gasteiger partial charge < -0.3 is 14.8 Å². The molecule has 0 fully saturated rings. The summed E-state index contributed by atoms with van der Waals surface area (Å²) in [7, 11) is 1.20. The highest BCUT2D eigenvalue weighted by atomic mass is 35.5. The number of rotatable bonds is 6. The molecule has 1 aromatic heterocycles. The molecule has 25 heavy (non-hydrogen) atoms. The van der Waals surface area contributed by atoms with E-state index in [1.165, 1.54) is 11.8 Å². The summed E-state index contributed by atoms with van der Waals surface area (Å²) in [5.41, 5.74) is 1.13. The monoisotopic (exact) mass is 365 g/mol. The van der Waals surface area contributed by atoms with E-state index < -0.39 is 24.5 Å². The largest absolute Gasteiger partial charge is 0.468 e. The lowest BCUT2D eigenvalue weighted by Crippen LogP contribution is -2.33. The van der Waals surface area contributed by atoms with Crippen molar-refractivity contribution in [3.05, 3.63) is 46.7 Å². The molecule has 0 aliphatic carbocycles. The first-order chi connectivity index (χ1) is 11.9. The average Bonchev–Trinajstić information content (AvgIpc) is 2.92. The van der Waals surface area contributed by atoms with Crippen LogP contribution >= 0.6 is 11.6 Å². The standard InChI is InChI=1S/C16H16ClN3O5/c1-10-14(15(17)20(19-10)11-6-4-3-5-7-11)16(23)25-9-12(21)18-8-13(22)24-2/h3-7H,8-9H2,1-2H3,(H,18,21). The van der Waals surface area contributed by atoms with Crippen LogP contribution in [0.2, 0.25) is 5.15 Å². The van der Waals surface area contributed by atoms with Gasteiger partial charge in [0.1, 0.15) is 17.3 Å². The lowest BCUT2D eigenvalue weighted by atomic mass is 10.2. The number of methoxy groups -OCH3 is 1. The minimum absolute atomic E-state index is 0.0753. The molecule has 0 atom stereocenters. The van der Waals surface area contributed by atoms with Crippen molar-refractivity contribution in [3.63, 3.8) is 0 Å². The Morgan fingerprint density at radius 3 is 2.56 bits per heavy atom. The number of para-hydroxylation sites is 1. The van der Waals surface area contributed by atoms with Gasteiger partial charge in [0.15, 0.2) is 6.61 Å². The number of hydrogen-bond acceptors (Lipinski definition) is 6. The van der Waals surface area contributed by atoms with Crippen molar-refractivity contribution in [3.8, 4) is 5.69 Å². The van der Waals surface area contributed by atoms with Gasteiger partial charge in [-0.15, -0.1) is 0 Å². The summed E-state index contributed by atoms with van der Waals surface area (Å²) in [6, 6.07) is 9.04. The number of carbonyl (C=O) groups excluding carboxylic acids is 3. The fourth-order valence-corrected chi connectivity index (χ4v) is 2.32. The minimum atomic E-state index is -0.780. The van der Waals surface area contributed by atoms with Gasteiger partial charge in [-0.05, 0) is 19.1 Å². The van der Waals surface area contributed by atoms with Crippen molar-refractivity contribution in [2.75, 3.05) is 20.3 Å². The smallest absolute Gasteiger partial charge is 0.343 e. The van der Waals surface area contributed by atoms with Crippen LogP contribution in [-0.4, -0.2) is 47.9 Å². The second-order valence-electron chi connectivity index (χ2n) is 4.93. The number of ether oxygens (including phenoxy) is 2. The number of carbonyl (C=O) groups is 3. The Labute approximate surface area is 148 Å². The molecule has 2 rings (SSSR count). The van der Waals surface area contributed by atoms with E-state index in [4.69, 9.17) is 16.3 Å². The van der Waals surface area contributed by atoms with E-state index in [0.717, 1.165) is 0 Å². The van der Waals surface area contributed by atoms with Gasteiger partial charge in [0.2, 0.25) is 0 Å². The number of aromatic nitrogens is 2. The summed E-state index contributed by atoms with van der Waals surface area (Å²) >= 11 is 6.23. The molecule has 9 heteroatoms. The summed E-state index contributed by atoms with van der Waals surface area (Å²) < 4.78 is 10.7. The summed E-state index contributed by atoms with van der Waals surface area (Å²) in [5.74, 6) is -2.02. The Bertz CT molecular complexity index is 789. The molecule has 132 valence electrons. The zero-order valence-electron chi connectivity index (χ0n) is 13.6. The van der Waals surface area contributed by atoms with Crippen molar-refractivity contribution in [1.29, 1.82) is 0 Å². The fraction of sp³-hybridized carbons (Fsp3) is 0.250. The average molecular weight is 366 g/mol. The van der Waals surface area contributed by atoms with Gasteiger partial charge >= 0.3 is 11.9 Å². The third-order valence-electron chi connectivity index (χ3n) is 3.20. The third kappa shape index (κ3) is 4.57. The van der Waals surface area contributed by atoms with Crippen LogP contribution in [0.5, 0.6) is 0 Å². The first-order valence-corrected chi connectivity index (χ1v) is 7.63. The molecule has 0 radical (unpaired) electrons. The van der Waals surface area contributed by atoms with Crippen LogP contribution in [0.1, 0.15) is 16.1 Å². The fourth-order valence-electron chi connectivity index (χ4n) is 1.97. The van der Waals surface area contributed by atoms with Crippen LogP contribution in [0.4, 0.5) is 0 Å². The maximum absolute atomic E-state index is 12.2. The Kier molecular flexibility index (Phi) is 6.13. The lowest BCUT2D eigenvalue weighted by molar-refractivity contribution is -0.141. The Balaban J connectivity index is 2.04. The summed E-state index contributed by atoms with van der Waals surface area (Å²) in [4.78, 5) is 34.7. The van der Waals surface area contributed by atoms with E-state index in [1.807, 2.05) is 18.2 Å². The highest BCUT2D eigenvalue weighted by Crippen LogP contribution is 2.24. The number of esters is 2. The van der Waals surface area contributed by atoms with Gasteiger partial charge in [0.05, 0.1) is 18.5 Å². The number of hydrogen-bond donors (Lipinski definition) is 1. The summed E-state index contributed by atoms with van der Waals surface area (Å²) in [6.45, 7) is 0.750. The molecule has 1 amide bonds. The summed E-state index contributed by atoms with van der Waals surface area (Å²) in [6.07, 6.45) is 0. The zero-order chi connectivity index (χ0) is 18.4. The van der Waals surface area contributed by atoms with Crippen LogP contribution in [0.3, 0.4) is 0 Å². The lowest BCUT2D eigenvalue weighted by Gasteiger charge is -2.06. The molecule has 2 aromatic rings. The second-order valence-corrected chi connectivity index (χ2v) is 5.29. The van der Waals surface area contributed by atoms with E-state index >= 15 is 0 Å². The van der Waals surface area contributed by atoms with Crippen LogP contribution < -0.4 is 5.32 Å². The SMILES string of the molecule is COC(=O)CNC(=O)COC(=O)c1c(C)nn(-c2ccccc2)c1Cl. The highest BCUT2D eigenvalue weighted by molar-refractivity contribution is 6.33. The van der Waals surface area contributed by atoms with Crippen molar-refractivity contribution in [1.82, 2.24) is 15.1 Å². The second kappa shape index (κ2) is 8.29. The quantitative estimate of drug-likeness (QED) is 0.774. The maximum Gasteiger partial charge on any atom is 0.343 e. The number of nitrogens with zero attached hydrogens (tertiary/aromatic N) is 2. The van der Waals surface area contributed by atoms with Crippen molar-refractivity contribution in [2.45, 2.75) is 6.92 Å². The topological polar surface area (TPSA) is 99.5 Å². The molecular formula is C16H16ClN3O5. The molecule has 0 saturated carbocycles. The molecule has 8 nitrogen and oxygen atoms in total. The number of nitrogens with one attached hydrogen (secondary N) is 1.